The van der Waals surface area contributed by atoms with Crippen LogP contribution in [0.1, 0.15) is 25.7 Å². The van der Waals surface area contributed by atoms with Crippen molar-refractivity contribution in [2.24, 2.45) is 5.92 Å². The summed E-state index contributed by atoms with van der Waals surface area (Å²) in [5.74, 6) is -1.35. The van der Waals surface area contributed by atoms with Crippen molar-refractivity contribution >= 4 is 11.9 Å². The number of hydrogen-bond acceptors (Lipinski definition) is 4. The van der Waals surface area contributed by atoms with E-state index in [1.165, 1.54) is 0 Å². The number of carboxylic acid groups (broad SMARTS) is 1. The highest BCUT2D eigenvalue weighted by atomic mass is 16.5. The van der Waals surface area contributed by atoms with Gasteiger partial charge in [-0.25, -0.2) is 0 Å². The zero-order chi connectivity index (χ0) is 13.0. The third-order valence-electron chi connectivity index (χ3n) is 3.60. The fraction of sp³-hybridized carbons (Fsp3) is 0.833. The van der Waals surface area contributed by atoms with E-state index in [2.05, 4.69) is 10.6 Å². The fourth-order valence-corrected chi connectivity index (χ4v) is 2.65. The minimum Gasteiger partial charge on any atom is -0.481 e. The zero-order valence-electron chi connectivity index (χ0n) is 10.4. The molecule has 102 valence electrons. The molecule has 3 atom stereocenters. The Balaban J connectivity index is 1.77. The Morgan fingerprint density at radius 3 is 2.89 bits per heavy atom. The molecule has 6 heteroatoms. The Kier molecular flexibility index (Phi) is 4.54. The third-order valence-corrected chi connectivity index (χ3v) is 3.60. The van der Waals surface area contributed by atoms with E-state index in [0.29, 0.717) is 26.0 Å². The molecule has 1 saturated heterocycles. The predicted molar refractivity (Wildman–Crippen MR) is 64.1 cm³/mol. The molecule has 1 heterocycles. The van der Waals surface area contributed by atoms with E-state index in [1.807, 2.05) is 0 Å². The lowest BCUT2D eigenvalue weighted by Crippen LogP contribution is -2.45. The molecule has 18 heavy (non-hydrogen) atoms. The maximum Gasteiger partial charge on any atom is 0.308 e. The van der Waals surface area contributed by atoms with E-state index >= 15 is 0 Å². The summed E-state index contributed by atoms with van der Waals surface area (Å²) in [6, 6.07) is -0.216. The Labute approximate surface area is 106 Å². The highest BCUT2D eigenvalue weighted by Crippen LogP contribution is 2.25. The second kappa shape index (κ2) is 6.15. The first-order valence-corrected chi connectivity index (χ1v) is 6.51. The third kappa shape index (κ3) is 3.43. The highest BCUT2D eigenvalue weighted by Gasteiger charge is 2.34. The number of ether oxygens (including phenoxy) is 1. The lowest BCUT2D eigenvalue weighted by molar-refractivity contribution is -0.142. The van der Waals surface area contributed by atoms with Crippen LogP contribution < -0.4 is 10.6 Å². The van der Waals surface area contributed by atoms with Crippen molar-refractivity contribution in [1.29, 1.82) is 0 Å². The fourth-order valence-electron chi connectivity index (χ4n) is 2.65. The molecule has 2 rings (SSSR count). The van der Waals surface area contributed by atoms with Crippen molar-refractivity contribution in [3.8, 4) is 0 Å². The number of nitrogens with one attached hydrogen (secondary N) is 2. The maximum atomic E-state index is 11.8. The Morgan fingerprint density at radius 2 is 2.22 bits per heavy atom. The van der Waals surface area contributed by atoms with Gasteiger partial charge in [0.15, 0.2) is 0 Å². The number of morpholine rings is 1. The van der Waals surface area contributed by atoms with Gasteiger partial charge in [0.2, 0.25) is 5.91 Å². The van der Waals surface area contributed by atoms with Crippen molar-refractivity contribution in [2.45, 2.75) is 37.8 Å². The average Bonchev–Trinajstić information content (AvgIpc) is 2.78. The van der Waals surface area contributed by atoms with Crippen LogP contribution >= 0.6 is 0 Å². The predicted octanol–water partition coefficient (Wildman–Crippen LogP) is -0.266. The van der Waals surface area contributed by atoms with Gasteiger partial charge in [0.1, 0.15) is 0 Å². The van der Waals surface area contributed by atoms with Gasteiger partial charge in [-0.3, -0.25) is 9.59 Å². The molecule has 3 N–H and O–H groups in total. The van der Waals surface area contributed by atoms with Crippen molar-refractivity contribution in [2.75, 3.05) is 19.7 Å². The van der Waals surface area contributed by atoms with Crippen LogP contribution in [0.5, 0.6) is 0 Å². The molecule has 3 unspecified atom stereocenters. The molecule has 0 radical (unpaired) electrons. The Bertz CT molecular complexity index is 315. The molecule has 1 aliphatic carbocycles. The van der Waals surface area contributed by atoms with Crippen LogP contribution in [0.4, 0.5) is 0 Å². The lowest BCUT2D eigenvalue weighted by atomic mass is 10.0. The Hall–Kier alpha value is -1.14. The van der Waals surface area contributed by atoms with Gasteiger partial charge in [0.25, 0.3) is 0 Å². The molecule has 0 aromatic heterocycles. The van der Waals surface area contributed by atoms with Crippen LogP contribution in [-0.2, 0) is 14.3 Å². The van der Waals surface area contributed by atoms with Crippen LogP contribution in [-0.4, -0.2) is 48.8 Å². The summed E-state index contributed by atoms with van der Waals surface area (Å²) >= 11 is 0. The molecule has 0 bridgehead atoms. The van der Waals surface area contributed by atoms with Crippen LogP contribution in [0.25, 0.3) is 0 Å². The van der Waals surface area contributed by atoms with Crippen LogP contribution in [0, 0.1) is 5.92 Å². The van der Waals surface area contributed by atoms with Crippen LogP contribution in [0.2, 0.25) is 0 Å². The molecule has 1 aliphatic heterocycles. The molecule has 0 aromatic carbocycles. The van der Waals surface area contributed by atoms with E-state index in [9.17, 15) is 9.59 Å². The van der Waals surface area contributed by atoms with Gasteiger partial charge in [0, 0.05) is 19.1 Å². The lowest BCUT2D eigenvalue weighted by Gasteiger charge is -2.24. The van der Waals surface area contributed by atoms with Crippen molar-refractivity contribution in [3.05, 3.63) is 0 Å². The number of aliphatic carboxylic acids is 1. The molecule has 0 aromatic rings. The number of carbonyl (C=O) groups excluding carboxylic acids is 1. The van der Waals surface area contributed by atoms with Gasteiger partial charge >= 0.3 is 5.97 Å². The summed E-state index contributed by atoms with van der Waals surface area (Å²) in [7, 11) is 0. The summed E-state index contributed by atoms with van der Waals surface area (Å²) in [5.41, 5.74) is 0. The van der Waals surface area contributed by atoms with E-state index in [1.54, 1.807) is 0 Å². The van der Waals surface area contributed by atoms with Crippen molar-refractivity contribution in [1.82, 2.24) is 10.6 Å². The van der Waals surface area contributed by atoms with E-state index in [-0.39, 0.29) is 18.1 Å². The summed E-state index contributed by atoms with van der Waals surface area (Å²) in [6.07, 6.45) is 2.48. The smallest absolute Gasteiger partial charge is 0.308 e. The summed E-state index contributed by atoms with van der Waals surface area (Å²) in [6.45, 7) is 2.13. The van der Waals surface area contributed by atoms with Gasteiger partial charge < -0.3 is 20.5 Å². The van der Waals surface area contributed by atoms with Gasteiger partial charge in [-0.15, -0.1) is 0 Å². The minimum atomic E-state index is -0.812. The molecule has 1 saturated carbocycles. The summed E-state index contributed by atoms with van der Waals surface area (Å²) in [4.78, 5) is 22.8. The van der Waals surface area contributed by atoms with Crippen LogP contribution in [0.15, 0.2) is 0 Å². The number of carbonyl (C=O) groups is 2. The van der Waals surface area contributed by atoms with Gasteiger partial charge in [-0.1, -0.05) is 6.42 Å². The Morgan fingerprint density at radius 1 is 1.39 bits per heavy atom. The van der Waals surface area contributed by atoms with Crippen LogP contribution in [0.3, 0.4) is 0 Å². The van der Waals surface area contributed by atoms with E-state index in [0.717, 1.165) is 19.4 Å². The highest BCUT2D eigenvalue weighted by molar-refractivity contribution is 5.78. The summed E-state index contributed by atoms with van der Waals surface area (Å²) in [5, 5.41) is 15.0. The molecule has 2 fully saturated rings. The van der Waals surface area contributed by atoms with Gasteiger partial charge in [-0.2, -0.15) is 0 Å². The first-order valence-electron chi connectivity index (χ1n) is 6.51. The second-order valence-corrected chi connectivity index (χ2v) is 4.95. The molecule has 1 amide bonds. The molecular formula is C12H20N2O4. The second-order valence-electron chi connectivity index (χ2n) is 4.95. The molecule has 0 spiro atoms. The number of rotatable bonds is 4. The van der Waals surface area contributed by atoms with E-state index in [4.69, 9.17) is 9.84 Å². The number of hydrogen-bond donors (Lipinski definition) is 3. The quantitative estimate of drug-likeness (QED) is 0.644. The molecular weight excluding hydrogens is 236 g/mol. The van der Waals surface area contributed by atoms with E-state index < -0.39 is 11.9 Å². The first kappa shape index (κ1) is 13.3. The van der Waals surface area contributed by atoms with Gasteiger partial charge in [0.05, 0.1) is 25.0 Å². The van der Waals surface area contributed by atoms with Crippen molar-refractivity contribution in [3.63, 3.8) is 0 Å². The SMILES string of the molecule is O=C(CC1CNCCO1)NC1CCCC1C(=O)O. The zero-order valence-corrected chi connectivity index (χ0v) is 10.4. The van der Waals surface area contributed by atoms with Gasteiger partial charge in [-0.05, 0) is 12.8 Å². The number of amides is 1. The monoisotopic (exact) mass is 256 g/mol. The summed E-state index contributed by atoms with van der Waals surface area (Å²) < 4.78 is 5.45. The normalized spacial score (nSPS) is 32.1. The number of carboxylic acids is 1. The standard InChI is InChI=1S/C12H20N2O4/c15-11(6-8-7-13-4-5-18-8)14-10-3-1-2-9(10)12(16)17/h8-10,13H,1-7H2,(H,14,15)(H,16,17). The largest absolute Gasteiger partial charge is 0.481 e. The molecule has 6 nitrogen and oxygen atoms in total. The molecule has 2 aliphatic rings. The van der Waals surface area contributed by atoms with Crippen molar-refractivity contribution < 1.29 is 19.4 Å². The minimum absolute atomic E-state index is 0.0940. The topological polar surface area (TPSA) is 87.7 Å². The maximum absolute atomic E-state index is 11.8. The first-order chi connectivity index (χ1) is 8.66. The average molecular weight is 256 g/mol.